The second-order valence-electron chi connectivity index (χ2n) is 4.87. The smallest absolute Gasteiger partial charge is 0.191 e. The van der Waals surface area contributed by atoms with Crippen LogP contribution in [-0.4, -0.2) is 23.9 Å². The van der Waals surface area contributed by atoms with Crippen molar-refractivity contribution in [2.75, 3.05) is 7.05 Å². The summed E-state index contributed by atoms with van der Waals surface area (Å²) in [5.74, 6) is 0.673. The van der Waals surface area contributed by atoms with Gasteiger partial charge in [0, 0.05) is 21.8 Å². The monoisotopic (exact) mass is 329 g/mol. The van der Waals surface area contributed by atoms with Gasteiger partial charge >= 0.3 is 0 Å². The van der Waals surface area contributed by atoms with Crippen LogP contribution in [0.1, 0.15) is 37.0 Å². The van der Waals surface area contributed by atoms with Crippen molar-refractivity contribution in [1.82, 2.24) is 4.90 Å². The molecule has 1 aliphatic rings. The fraction of sp³-hybridized carbons (Fsp3) is 0.615. The predicted octanol–water partition coefficient (Wildman–Crippen LogP) is 3.59. The highest BCUT2D eigenvalue weighted by Gasteiger charge is 2.14. The maximum absolute atomic E-state index is 6.07. The van der Waals surface area contributed by atoms with Crippen LogP contribution in [0.3, 0.4) is 0 Å². The van der Waals surface area contributed by atoms with E-state index in [2.05, 4.69) is 32.4 Å². The summed E-state index contributed by atoms with van der Waals surface area (Å²) in [6.07, 6.45) is 6.33. The SMILES string of the molecule is CN(Cc1cc(Br)cs1)C(N)=NC1CCCCC1. The highest BCUT2D eigenvalue weighted by atomic mass is 79.9. The molecule has 0 saturated heterocycles. The lowest BCUT2D eigenvalue weighted by molar-refractivity contribution is 0.429. The van der Waals surface area contributed by atoms with Crippen LogP contribution in [0.4, 0.5) is 0 Å². The Bertz CT molecular complexity index is 410. The van der Waals surface area contributed by atoms with E-state index in [9.17, 15) is 0 Å². The van der Waals surface area contributed by atoms with Crippen LogP contribution in [-0.2, 0) is 6.54 Å². The third-order valence-corrected chi connectivity index (χ3v) is 4.98. The van der Waals surface area contributed by atoms with E-state index in [1.807, 2.05) is 11.9 Å². The van der Waals surface area contributed by atoms with E-state index in [0.29, 0.717) is 12.0 Å². The molecule has 3 nitrogen and oxygen atoms in total. The molecule has 0 aromatic carbocycles. The number of guanidine groups is 1. The molecule has 1 aromatic rings. The van der Waals surface area contributed by atoms with Crippen LogP contribution < -0.4 is 5.73 Å². The number of halogens is 1. The fourth-order valence-electron chi connectivity index (χ4n) is 2.25. The topological polar surface area (TPSA) is 41.6 Å². The van der Waals surface area contributed by atoms with Crippen molar-refractivity contribution in [2.45, 2.75) is 44.7 Å². The second kappa shape index (κ2) is 6.57. The molecule has 0 radical (unpaired) electrons. The first kappa shape index (κ1) is 13.9. The molecule has 0 unspecified atom stereocenters. The van der Waals surface area contributed by atoms with Crippen LogP contribution in [0.2, 0.25) is 0 Å². The second-order valence-corrected chi connectivity index (χ2v) is 6.78. The highest BCUT2D eigenvalue weighted by molar-refractivity contribution is 9.10. The van der Waals surface area contributed by atoms with Crippen molar-refractivity contribution in [3.63, 3.8) is 0 Å². The standard InChI is InChI=1S/C13H20BrN3S/c1-17(8-12-7-10(14)9-18-12)13(15)16-11-5-3-2-4-6-11/h7,9,11H,2-6,8H2,1H3,(H2,15,16). The first-order chi connectivity index (χ1) is 8.65. The Morgan fingerprint density at radius 1 is 1.50 bits per heavy atom. The summed E-state index contributed by atoms with van der Waals surface area (Å²) in [5, 5.41) is 2.09. The van der Waals surface area contributed by atoms with E-state index < -0.39 is 0 Å². The summed E-state index contributed by atoms with van der Waals surface area (Å²) in [7, 11) is 2.01. The number of nitrogens with zero attached hydrogens (tertiary/aromatic N) is 2. The van der Waals surface area contributed by atoms with Gasteiger partial charge in [0.25, 0.3) is 0 Å². The Morgan fingerprint density at radius 3 is 2.83 bits per heavy atom. The summed E-state index contributed by atoms with van der Waals surface area (Å²) < 4.78 is 1.14. The Balaban J connectivity index is 1.90. The van der Waals surface area contributed by atoms with Crippen molar-refractivity contribution < 1.29 is 0 Å². The van der Waals surface area contributed by atoms with Gasteiger partial charge in [-0.05, 0) is 34.8 Å². The van der Waals surface area contributed by atoms with Crippen LogP contribution >= 0.6 is 27.3 Å². The number of aliphatic imine (C=N–C) groups is 1. The van der Waals surface area contributed by atoms with Crippen LogP contribution in [0.25, 0.3) is 0 Å². The Kier molecular flexibility index (Phi) is 5.06. The van der Waals surface area contributed by atoms with Gasteiger partial charge in [0.2, 0.25) is 0 Å². The molecule has 1 heterocycles. The Hall–Kier alpha value is -0.550. The summed E-state index contributed by atoms with van der Waals surface area (Å²) in [6, 6.07) is 2.57. The zero-order valence-electron chi connectivity index (χ0n) is 10.7. The average molecular weight is 330 g/mol. The molecule has 0 spiro atoms. The van der Waals surface area contributed by atoms with Gasteiger partial charge in [-0.15, -0.1) is 11.3 Å². The van der Waals surface area contributed by atoms with E-state index in [0.717, 1.165) is 11.0 Å². The number of thiophene rings is 1. The summed E-state index contributed by atoms with van der Waals surface area (Å²) in [4.78, 5) is 7.98. The Morgan fingerprint density at radius 2 is 2.22 bits per heavy atom. The summed E-state index contributed by atoms with van der Waals surface area (Å²) in [6.45, 7) is 0.832. The maximum Gasteiger partial charge on any atom is 0.191 e. The number of hydrogen-bond donors (Lipinski definition) is 1. The molecule has 1 saturated carbocycles. The largest absolute Gasteiger partial charge is 0.370 e. The quantitative estimate of drug-likeness (QED) is 0.680. The van der Waals surface area contributed by atoms with E-state index in [1.165, 1.54) is 37.0 Å². The van der Waals surface area contributed by atoms with Gasteiger partial charge in [-0.1, -0.05) is 19.3 Å². The molecular weight excluding hydrogens is 310 g/mol. The normalized spacial score (nSPS) is 18.0. The van der Waals surface area contributed by atoms with Crippen molar-refractivity contribution in [2.24, 2.45) is 10.7 Å². The third kappa shape index (κ3) is 3.99. The first-order valence-electron chi connectivity index (χ1n) is 6.42. The molecule has 100 valence electrons. The minimum Gasteiger partial charge on any atom is -0.370 e. The van der Waals surface area contributed by atoms with Gasteiger partial charge in [0.1, 0.15) is 0 Å². The van der Waals surface area contributed by atoms with Crippen molar-refractivity contribution in [1.29, 1.82) is 0 Å². The zero-order valence-corrected chi connectivity index (χ0v) is 13.1. The van der Waals surface area contributed by atoms with Crippen LogP contribution in [0, 0.1) is 0 Å². The molecule has 1 aliphatic carbocycles. The predicted molar refractivity (Wildman–Crippen MR) is 82.0 cm³/mol. The third-order valence-electron chi connectivity index (χ3n) is 3.30. The van der Waals surface area contributed by atoms with E-state index in [-0.39, 0.29) is 0 Å². The summed E-state index contributed by atoms with van der Waals surface area (Å²) in [5.41, 5.74) is 6.07. The molecule has 0 aliphatic heterocycles. The van der Waals surface area contributed by atoms with Crippen molar-refractivity contribution in [3.05, 3.63) is 20.8 Å². The lowest BCUT2D eigenvalue weighted by atomic mass is 9.96. The zero-order chi connectivity index (χ0) is 13.0. The van der Waals surface area contributed by atoms with Crippen molar-refractivity contribution in [3.8, 4) is 0 Å². The Labute approximate surface area is 121 Å². The molecular formula is C13H20BrN3S. The first-order valence-corrected chi connectivity index (χ1v) is 8.10. The van der Waals surface area contributed by atoms with Gasteiger partial charge in [0.15, 0.2) is 5.96 Å². The molecule has 1 aromatic heterocycles. The number of rotatable bonds is 3. The van der Waals surface area contributed by atoms with E-state index in [4.69, 9.17) is 5.73 Å². The van der Waals surface area contributed by atoms with Crippen molar-refractivity contribution >= 4 is 33.2 Å². The lowest BCUT2D eigenvalue weighted by Crippen LogP contribution is -2.34. The van der Waals surface area contributed by atoms with Gasteiger partial charge < -0.3 is 10.6 Å². The van der Waals surface area contributed by atoms with Gasteiger partial charge in [-0.25, -0.2) is 4.99 Å². The molecule has 18 heavy (non-hydrogen) atoms. The average Bonchev–Trinajstić information content (AvgIpc) is 2.76. The molecule has 2 N–H and O–H groups in total. The molecule has 0 atom stereocenters. The molecule has 0 amide bonds. The molecule has 2 rings (SSSR count). The molecule has 0 bridgehead atoms. The minimum absolute atomic E-state index is 0.441. The lowest BCUT2D eigenvalue weighted by Gasteiger charge is -2.22. The van der Waals surface area contributed by atoms with Crippen LogP contribution in [0.15, 0.2) is 20.9 Å². The van der Waals surface area contributed by atoms with Gasteiger partial charge in [-0.2, -0.15) is 0 Å². The molecule has 5 heteroatoms. The highest BCUT2D eigenvalue weighted by Crippen LogP contribution is 2.22. The summed E-state index contributed by atoms with van der Waals surface area (Å²) >= 11 is 5.21. The number of nitrogens with two attached hydrogens (primary N) is 1. The van der Waals surface area contributed by atoms with Gasteiger partial charge in [0.05, 0.1) is 12.6 Å². The maximum atomic E-state index is 6.07. The minimum atomic E-state index is 0.441. The van der Waals surface area contributed by atoms with E-state index in [1.54, 1.807) is 11.3 Å². The molecule has 1 fully saturated rings. The van der Waals surface area contributed by atoms with Crippen LogP contribution in [0.5, 0.6) is 0 Å². The fourth-order valence-corrected chi connectivity index (χ4v) is 3.75. The van der Waals surface area contributed by atoms with E-state index >= 15 is 0 Å². The number of hydrogen-bond acceptors (Lipinski definition) is 2. The van der Waals surface area contributed by atoms with Gasteiger partial charge in [-0.3, -0.25) is 0 Å².